The molecule has 1 atom stereocenters. The van der Waals surface area contributed by atoms with Crippen molar-refractivity contribution in [3.8, 4) is 0 Å². The highest BCUT2D eigenvalue weighted by molar-refractivity contribution is 6.43. The number of rotatable bonds is 10. The van der Waals surface area contributed by atoms with E-state index in [-0.39, 0.29) is 29.3 Å². The zero-order valence-electron chi connectivity index (χ0n) is 18.5. The van der Waals surface area contributed by atoms with Crippen molar-refractivity contribution in [2.45, 2.75) is 68.3 Å². The van der Waals surface area contributed by atoms with Gasteiger partial charge in [0.2, 0.25) is 0 Å². The van der Waals surface area contributed by atoms with E-state index in [0.29, 0.717) is 24.9 Å². The molecule has 3 fully saturated rings. The van der Waals surface area contributed by atoms with E-state index in [1.807, 2.05) is 19.2 Å². The van der Waals surface area contributed by atoms with E-state index in [9.17, 15) is 14.8 Å². The summed E-state index contributed by atoms with van der Waals surface area (Å²) >= 11 is 0. The summed E-state index contributed by atoms with van der Waals surface area (Å²) in [6.07, 6.45) is 8.92. The van der Waals surface area contributed by atoms with Crippen molar-refractivity contribution in [3.63, 3.8) is 0 Å². The number of amides is 1. The van der Waals surface area contributed by atoms with Gasteiger partial charge in [-0.3, -0.25) is 10.2 Å². The van der Waals surface area contributed by atoms with E-state index >= 15 is 0 Å². The topological polar surface area (TPSA) is 106 Å². The number of hydrogen-bond donors (Lipinski definition) is 4. The number of carbonyl (C=O) groups excluding carboxylic acids is 1. The van der Waals surface area contributed by atoms with Crippen LogP contribution >= 0.6 is 12.4 Å². The molecule has 3 aliphatic carbocycles. The molecule has 172 valence electrons. The van der Waals surface area contributed by atoms with Crippen LogP contribution in [0.3, 0.4) is 0 Å². The third-order valence-electron chi connectivity index (χ3n) is 7.29. The second kappa shape index (κ2) is 10.8. The molecule has 0 spiro atoms. The first kappa shape index (κ1) is 25.7. The molecule has 1 amide bonds. The molecule has 31 heavy (non-hydrogen) atoms. The van der Waals surface area contributed by atoms with Gasteiger partial charge >= 0.3 is 7.12 Å². The fourth-order valence-corrected chi connectivity index (χ4v) is 5.04. The fraction of sp³-hybridized carbons (Fsp3) is 0.636. The molecule has 1 aromatic rings. The van der Waals surface area contributed by atoms with Gasteiger partial charge in [0.1, 0.15) is 0 Å². The molecular formula is C22H35BClN3O4. The van der Waals surface area contributed by atoms with Crippen molar-refractivity contribution in [2.24, 2.45) is 0 Å². The summed E-state index contributed by atoms with van der Waals surface area (Å²) in [5, 5.41) is 29.2. The fourth-order valence-electron chi connectivity index (χ4n) is 5.04. The maximum atomic E-state index is 12.6. The van der Waals surface area contributed by atoms with Crippen molar-refractivity contribution >= 4 is 31.8 Å². The summed E-state index contributed by atoms with van der Waals surface area (Å²) in [7, 11) is 1.99. The smallest absolute Gasteiger partial charge is 0.426 e. The molecule has 2 bridgehead atoms. The van der Waals surface area contributed by atoms with E-state index in [0.717, 1.165) is 38.5 Å². The molecule has 0 heterocycles. The van der Waals surface area contributed by atoms with Crippen LogP contribution in [0.1, 0.15) is 67.3 Å². The van der Waals surface area contributed by atoms with Gasteiger partial charge in [-0.25, -0.2) is 0 Å². The van der Waals surface area contributed by atoms with Crippen LogP contribution in [0.2, 0.25) is 0 Å². The Morgan fingerprint density at radius 1 is 1.23 bits per heavy atom. The number of ether oxygens (including phenoxy) is 1. The lowest BCUT2D eigenvalue weighted by Gasteiger charge is -2.53. The number of hydrogen-bond acceptors (Lipinski definition) is 5. The number of halogens is 1. The van der Waals surface area contributed by atoms with Gasteiger partial charge in [-0.05, 0) is 74.5 Å². The van der Waals surface area contributed by atoms with Gasteiger partial charge in [-0.1, -0.05) is 12.1 Å². The van der Waals surface area contributed by atoms with E-state index in [1.165, 1.54) is 11.9 Å². The second-order valence-corrected chi connectivity index (χ2v) is 8.99. The largest absolute Gasteiger partial charge is 0.475 e. The Kier molecular flexibility index (Phi) is 8.95. The summed E-state index contributed by atoms with van der Waals surface area (Å²) in [6.45, 7) is 0.615. The highest BCUT2D eigenvalue weighted by atomic mass is 35.5. The Balaban J connectivity index is 0.00000341. The third kappa shape index (κ3) is 5.80. The Bertz CT molecular complexity index is 722. The highest BCUT2D eigenvalue weighted by Gasteiger charge is 2.49. The van der Waals surface area contributed by atoms with Crippen LogP contribution in [0.4, 0.5) is 0 Å². The Morgan fingerprint density at radius 2 is 1.81 bits per heavy atom. The minimum absolute atomic E-state index is 0. The number of methoxy groups -OCH3 is 1. The first-order valence-corrected chi connectivity index (χ1v) is 10.9. The van der Waals surface area contributed by atoms with Crippen LogP contribution in [0.5, 0.6) is 0 Å². The predicted molar refractivity (Wildman–Crippen MR) is 125 cm³/mol. The minimum atomic E-state index is -1.62. The molecule has 0 aromatic heterocycles. The predicted octanol–water partition coefficient (Wildman–Crippen LogP) is 2.53. The molecule has 4 N–H and O–H groups in total. The first-order valence-electron chi connectivity index (χ1n) is 10.9. The number of fused-ring (bicyclic) bond motifs is 3. The number of nitrogens with one attached hydrogen (secondary N) is 2. The zero-order valence-corrected chi connectivity index (χ0v) is 19.3. The van der Waals surface area contributed by atoms with Gasteiger partial charge in [-0.15, -0.1) is 12.4 Å². The van der Waals surface area contributed by atoms with Crippen LogP contribution in [0.25, 0.3) is 0 Å². The summed E-state index contributed by atoms with van der Waals surface area (Å²) in [6, 6.07) is 7.80. The van der Waals surface area contributed by atoms with Gasteiger partial charge in [0.25, 0.3) is 5.91 Å². The quantitative estimate of drug-likeness (QED) is 0.248. The molecule has 3 aliphatic rings. The van der Waals surface area contributed by atoms with Crippen molar-refractivity contribution in [3.05, 3.63) is 35.4 Å². The Morgan fingerprint density at radius 3 is 2.29 bits per heavy atom. The van der Waals surface area contributed by atoms with Crippen LogP contribution in [0.15, 0.2) is 24.3 Å². The monoisotopic (exact) mass is 451 g/mol. The van der Waals surface area contributed by atoms with Gasteiger partial charge in [0.15, 0.2) is 0 Å². The molecule has 0 saturated heterocycles. The zero-order chi connectivity index (χ0) is 21.8. The lowest BCUT2D eigenvalue weighted by Crippen LogP contribution is -2.49. The van der Waals surface area contributed by atoms with Gasteiger partial charge < -0.3 is 25.0 Å². The molecule has 9 heteroatoms. The summed E-state index contributed by atoms with van der Waals surface area (Å²) in [5.41, 5.74) is 2.09. The van der Waals surface area contributed by atoms with Gasteiger partial charge in [0, 0.05) is 26.3 Å². The number of nitrogens with zero attached hydrogens (tertiary/aromatic N) is 1. The highest BCUT2D eigenvalue weighted by Crippen LogP contribution is 2.54. The summed E-state index contributed by atoms with van der Waals surface area (Å²) < 4.78 is 5.79. The van der Waals surface area contributed by atoms with E-state index < -0.39 is 13.1 Å². The Hall–Kier alpha value is -1.61. The molecular weight excluding hydrogens is 417 g/mol. The van der Waals surface area contributed by atoms with Crippen molar-refractivity contribution in [2.75, 3.05) is 20.7 Å². The average molecular weight is 452 g/mol. The lowest BCUT2D eigenvalue weighted by molar-refractivity contribution is -0.0955. The van der Waals surface area contributed by atoms with Gasteiger partial charge in [0.05, 0.1) is 17.9 Å². The molecule has 3 saturated carbocycles. The van der Waals surface area contributed by atoms with Crippen LogP contribution in [-0.4, -0.2) is 66.6 Å². The Labute approximate surface area is 191 Å². The molecule has 0 radical (unpaired) electrons. The number of carbonyl (C=O) groups is 1. The molecule has 7 nitrogen and oxygen atoms in total. The molecule has 4 rings (SSSR count). The van der Waals surface area contributed by atoms with E-state index in [1.54, 1.807) is 11.9 Å². The minimum Gasteiger partial charge on any atom is -0.426 e. The first-order chi connectivity index (χ1) is 14.3. The summed E-state index contributed by atoms with van der Waals surface area (Å²) in [4.78, 5) is 14.3. The van der Waals surface area contributed by atoms with Crippen LogP contribution in [-0.2, 0) is 10.2 Å². The summed E-state index contributed by atoms with van der Waals surface area (Å²) in [5.74, 6) is -1.04. The van der Waals surface area contributed by atoms with Crippen LogP contribution < -0.4 is 5.32 Å². The molecule has 1 aromatic carbocycles. The van der Waals surface area contributed by atoms with Crippen molar-refractivity contribution < 1.29 is 19.6 Å². The standard InChI is InChI=1S/C22H34BN3O4.ClH/c1-26(16-24)15-3-4-19(23(28)29)25-20(27)17-5-7-18(8-6-17)21-9-12-22(30-2,13-10-21)14-11-21;/h5-8,16,19,24,28-29H,3-4,9-15H2,1-2H3,(H,25,27);1H/t19-,21?,22?;/m0./s1. The normalized spacial score (nSPS) is 25.3. The second-order valence-electron chi connectivity index (χ2n) is 8.99. The number of benzene rings is 1. The maximum absolute atomic E-state index is 12.6. The maximum Gasteiger partial charge on any atom is 0.475 e. The molecule has 0 aliphatic heterocycles. The van der Waals surface area contributed by atoms with Crippen molar-refractivity contribution in [1.29, 1.82) is 5.41 Å². The van der Waals surface area contributed by atoms with Crippen molar-refractivity contribution in [1.82, 2.24) is 10.2 Å². The lowest BCUT2D eigenvalue weighted by atomic mass is 9.56. The van der Waals surface area contributed by atoms with E-state index in [2.05, 4.69) is 17.4 Å². The third-order valence-corrected chi connectivity index (χ3v) is 7.29. The van der Waals surface area contributed by atoms with Gasteiger partial charge in [-0.2, -0.15) is 0 Å². The van der Waals surface area contributed by atoms with Crippen LogP contribution in [0, 0.1) is 5.41 Å². The molecule has 0 unspecified atom stereocenters. The average Bonchev–Trinajstić information content (AvgIpc) is 2.79. The SMILES string of the molecule is COC12CCC(c3ccc(C(=O)N[C@@H](CCCN(C)C=N)B(O)O)cc3)(CC1)CC2.Cl. The van der Waals surface area contributed by atoms with E-state index in [4.69, 9.17) is 10.1 Å².